The van der Waals surface area contributed by atoms with Gasteiger partial charge in [-0.2, -0.15) is 0 Å². The van der Waals surface area contributed by atoms with Crippen LogP contribution in [-0.4, -0.2) is 40.4 Å². The maximum atomic E-state index is 11.9. The summed E-state index contributed by atoms with van der Waals surface area (Å²) in [4.78, 5) is 13.9. The lowest BCUT2D eigenvalue weighted by atomic mass is 10.2. The summed E-state index contributed by atoms with van der Waals surface area (Å²) in [5, 5.41) is 5.53. The number of anilines is 2. The Labute approximate surface area is 142 Å². The normalized spacial score (nSPS) is 9.96. The van der Waals surface area contributed by atoms with Crippen LogP contribution >= 0.6 is 0 Å². The number of nitrogens with one attached hydrogen (secondary N) is 2. The Morgan fingerprint density at radius 1 is 1.04 bits per heavy atom. The van der Waals surface area contributed by atoms with E-state index in [1.165, 1.54) is 0 Å². The van der Waals surface area contributed by atoms with Crippen LogP contribution in [0.1, 0.15) is 0 Å². The number of amides is 2. The highest BCUT2D eigenvalue weighted by Crippen LogP contribution is 2.25. The molecule has 0 bridgehead atoms. The smallest absolute Gasteiger partial charge is 0.319 e. The van der Waals surface area contributed by atoms with E-state index in [-0.39, 0.29) is 6.03 Å². The Kier molecular flexibility index (Phi) is 6.31. The van der Waals surface area contributed by atoms with Crippen molar-refractivity contribution in [2.45, 2.75) is 0 Å². The van der Waals surface area contributed by atoms with E-state index in [2.05, 4.69) is 10.6 Å². The highest BCUT2D eigenvalue weighted by Gasteiger charge is 2.04. The number of rotatable bonds is 7. The summed E-state index contributed by atoms with van der Waals surface area (Å²) in [6, 6.07) is 14.7. The monoisotopic (exact) mass is 329 g/mol. The number of ether oxygens (including phenoxy) is 2. The van der Waals surface area contributed by atoms with Gasteiger partial charge in [0.1, 0.15) is 6.61 Å². The standard InChI is InChI=1S/C18H23N3O3/c1-21(2)15-10-8-14(9-11-15)20-18(22)19-12-13-24-17-7-5-4-6-16(17)23-3/h4-11H,12-13H2,1-3H3,(H2,19,20,22). The minimum absolute atomic E-state index is 0.267. The Hall–Kier alpha value is -2.89. The van der Waals surface area contributed by atoms with Crippen LogP contribution in [0.25, 0.3) is 0 Å². The highest BCUT2D eigenvalue weighted by molar-refractivity contribution is 5.89. The number of benzene rings is 2. The van der Waals surface area contributed by atoms with E-state index in [1.54, 1.807) is 7.11 Å². The predicted molar refractivity (Wildman–Crippen MR) is 96.3 cm³/mol. The van der Waals surface area contributed by atoms with Crippen molar-refractivity contribution in [2.24, 2.45) is 0 Å². The van der Waals surface area contributed by atoms with Crippen molar-refractivity contribution in [1.82, 2.24) is 5.32 Å². The highest BCUT2D eigenvalue weighted by atomic mass is 16.5. The molecule has 2 N–H and O–H groups in total. The van der Waals surface area contributed by atoms with Gasteiger partial charge in [-0.15, -0.1) is 0 Å². The van der Waals surface area contributed by atoms with E-state index in [1.807, 2.05) is 67.5 Å². The minimum atomic E-state index is -0.267. The topological polar surface area (TPSA) is 62.8 Å². The Morgan fingerprint density at radius 3 is 2.33 bits per heavy atom. The van der Waals surface area contributed by atoms with Crippen molar-refractivity contribution in [2.75, 3.05) is 44.6 Å². The van der Waals surface area contributed by atoms with Gasteiger partial charge < -0.3 is 25.0 Å². The Bertz CT molecular complexity index is 657. The third kappa shape index (κ3) is 5.08. The molecule has 0 fully saturated rings. The summed E-state index contributed by atoms with van der Waals surface area (Å²) >= 11 is 0. The number of nitrogens with zero attached hydrogens (tertiary/aromatic N) is 1. The van der Waals surface area contributed by atoms with Gasteiger partial charge in [-0.3, -0.25) is 0 Å². The summed E-state index contributed by atoms with van der Waals surface area (Å²) in [5.41, 5.74) is 1.81. The first-order valence-electron chi connectivity index (χ1n) is 7.68. The molecule has 6 heteroatoms. The first kappa shape index (κ1) is 17.5. The van der Waals surface area contributed by atoms with Crippen LogP contribution in [0.3, 0.4) is 0 Å². The lowest BCUT2D eigenvalue weighted by molar-refractivity contribution is 0.246. The van der Waals surface area contributed by atoms with Gasteiger partial charge in [0, 0.05) is 25.5 Å². The Balaban J connectivity index is 1.73. The molecule has 0 unspecified atom stereocenters. The summed E-state index contributed by atoms with van der Waals surface area (Å²) < 4.78 is 10.8. The van der Waals surface area contributed by atoms with E-state index < -0.39 is 0 Å². The summed E-state index contributed by atoms with van der Waals surface area (Å²) in [5.74, 6) is 1.32. The van der Waals surface area contributed by atoms with Crippen LogP contribution in [0.15, 0.2) is 48.5 Å². The molecule has 0 aromatic heterocycles. The third-order valence-corrected chi connectivity index (χ3v) is 3.36. The fourth-order valence-corrected chi connectivity index (χ4v) is 2.08. The zero-order valence-corrected chi connectivity index (χ0v) is 14.2. The molecule has 2 aromatic carbocycles. The van der Waals surface area contributed by atoms with Crippen molar-refractivity contribution < 1.29 is 14.3 Å². The van der Waals surface area contributed by atoms with E-state index in [0.717, 1.165) is 11.4 Å². The second kappa shape index (κ2) is 8.67. The molecule has 0 aliphatic heterocycles. The third-order valence-electron chi connectivity index (χ3n) is 3.36. The van der Waals surface area contributed by atoms with Gasteiger partial charge in [0.25, 0.3) is 0 Å². The van der Waals surface area contributed by atoms with E-state index >= 15 is 0 Å². The number of hydrogen-bond donors (Lipinski definition) is 2. The average molecular weight is 329 g/mol. The van der Waals surface area contributed by atoms with Crippen molar-refractivity contribution in [1.29, 1.82) is 0 Å². The van der Waals surface area contributed by atoms with Crippen LogP contribution in [-0.2, 0) is 0 Å². The zero-order valence-electron chi connectivity index (χ0n) is 14.2. The summed E-state index contributed by atoms with van der Waals surface area (Å²) in [7, 11) is 5.53. The van der Waals surface area contributed by atoms with Gasteiger partial charge in [0.15, 0.2) is 11.5 Å². The number of hydrogen-bond acceptors (Lipinski definition) is 4. The molecule has 24 heavy (non-hydrogen) atoms. The van der Waals surface area contributed by atoms with Crippen molar-refractivity contribution in [3.8, 4) is 11.5 Å². The number of para-hydroxylation sites is 2. The lowest BCUT2D eigenvalue weighted by Gasteiger charge is -2.13. The first-order chi connectivity index (χ1) is 11.6. The quantitative estimate of drug-likeness (QED) is 0.767. The van der Waals surface area contributed by atoms with Gasteiger partial charge in [-0.05, 0) is 36.4 Å². The molecule has 0 saturated heterocycles. The molecule has 0 saturated carbocycles. The van der Waals surface area contributed by atoms with E-state index in [9.17, 15) is 4.79 Å². The molecule has 2 rings (SSSR count). The lowest BCUT2D eigenvalue weighted by Crippen LogP contribution is -2.32. The van der Waals surface area contributed by atoms with Crippen molar-refractivity contribution in [3.05, 3.63) is 48.5 Å². The van der Waals surface area contributed by atoms with Gasteiger partial charge in [-0.1, -0.05) is 12.1 Å². The van der Waals surface area contributed by atoms with Gasteiger partial charge >= 0.3 is 6.03 Å². The number of carbonyl (C=O) groups is 1. The molecule has 2 aromatic rings. The maximum Gasteiger partial charge on any atom is 0.319 e. The van der Waals surface area contributed by atoms with Crippen molar-refractivity contribution >= 4 is 17.4 Å². The molecular formula is C18H23N3O3. The number of urea groups is 1. The molecule has 0 atom stereocenters. The fraction of sp³-hybridized carbons (Fsp3) is 0.278. The maximum absolute atomic E-state index is 11.9. The van der Waals surface area contributed by atoms with Crippen LogP contribution < -0.4 is 25.0 Å². The van der Waals surface area contributed by atoms with Crippen LogP contribution in [0.4, 0.5) is 16.2 Å². The minimum Gasteiger partial charge on any atom is -0.493 e. The average Bonchev–Trinajstić information content (AvgIpc) is 2.59. The number of carbonyl (C=O) groups excluding carboxylic acids is 1. The summed E-state index contributed by atoms with van der Waals surface area (Å²) in [6.07, 6.45) is 0. The van der Waals surface area contributed by atoms with Gasteiger partial charge in [0.05, 0.1) is 13.7 Å². The number of methoxy groups -OCH3 is 1. The second-order valence-electron chi connectivity index (χ2n) is 5.32. The molecule has 0 radical (unpaired) electrons. The van der Waals surface area contributed by atoms with Crippen LogP contribution in [0.5, 0.6) is 11.5 Å². The first-order valence-corrected chi connectivity index (χ1v) is 7.68. The fourth-order valence-electron chi connectivity index (χ4n) is 2.08. The van der Waals surface area contributed by atoms with Crippen LogP contribution in [0.2, 0.25) is 0 Å². The van der Waals surface area contributed by atoms with Gasteiger partial charge in [-0.25, -0.2) is 4.79 Å². The zero-order chi connectivity index (χ0) is 17.4. The van der Waals surface area contributed by atoms with E-state index in [0.29, 0.717) is 24.7 Å². The Morgan fingerprint density at radius 2 is 1.71 bits per heavy atom. The summed E-state index contributed by atoms with van der Waals surface area (Å²) in [6.45, 7) is 0.743. The molecule has 128 valence electrons. The molecule has 2 amide bonds. The second-order valence-corrected chi connectivity index (χ2v) is 5.32. The SMILES string of the molecule is COc1ccccc1OCCNC(=O)Nc1ccc(N(C)C)cc1. The van der Waals surface area contributed by atoms with Gasteiger partial charge in [0.2, 0.25) is 0 Å². The molecule has 0 heterocycles. The molecule has 0 spiro atoms. The molecule has 0 aliphatic carbocycles. The van der Waals surface area contributed by atoms with Crippen molar-refractivity contribution in [3.63, 3.8) is 0 Å². The largest absolute Gasteiger partial charge is 0.493 e. The van der Waals surface area contributed by atoms with E-state index in [4.69, 9.17) is 9.47 Å². The molecule has 0 aliphatic rings. The predicted octanol–water partition coefficient (Wildman–Crippen LogP) is 2.96. The molecular weight excluding hydrogens is 306 g/mol. The van der Waals surface area contributed by atoms with Crippen LogP contribution in [0, 0.1) is 0 Å². The molecule has 6 nitrogen and oxygen atoms in total.